The number of aryl methyl sites for hydroxylation is 1. The fourth-order valence-electron chi connectivity index (χ4n) is 1.69. The van der Waals surface area contributed by atoms with Gasteiger partial charge in [-0.05, 0) is 30.5 Å². The van der Waals surface area contributed by atoms with E-state index in [1.165, 1.54) is 4.31 Å². The third-order valence-corrected chi connectivity index (χ3v) is 4.95. The smallest absolute Gasteiger partial charge is 0.243 e. The fourth-order valence-corrected chi connectivity index (χ4v) is 3.17. The van der Waals surface area contributed by atoms with Crippen molar-refractivity contribution in [2.75, 3.05) is 13.6 Å². The molecular formula is C13H21NO3S. The van der Waals surface area contributed by atoms with Gasteiger partial charge in [0.2, 0.25) is 10.0 Å². The molecule has 1 aromatic carbocycles. The normalized spacial score (nSPS) is 12.1. The Morgan fingerprint density at radius 1 is 1.33 bits per heavy atom. The summed E-state index contributed by atoms with van der Waals surface area (Å²) in [5, 5.41) is 9.09. The van der Waals surface area contributed by atoms with Crippen molar-refractivity contribution < 1.29 is 13.5 Å². The molecule has 0 saturated carbocycles. The number of unbranched alkanes of at least 4 members (excludes halogenated alkanes) is 1. The lowest BCUT2D eigenvalue weighted by Gasteiger charge is -2.18. The van der Waals surface area contributed by atoms with Crippen LogP contribution in [0.5, 0.6) is 0 Å². The molecule has 0 bridgehead atoms. The molecule has 1 rings (SSSR count). The number of aliphatic hydroxyl groups excluding tert-OH is 1. The average Bonchev–Trinajstić information content (AvgIpc) is 2.36. The summed E-state index contributed by atoms with van der Waals surface area (Å²) >= 11 is 0. The molecule has 0 unspecified atom stereocenters. The number of rotatable bonds is 6. The number of sulfonamides is 1. The van der Waals surface area contributed by atoms with Crippen LogP contribution in [0.4, 0.5) is 0 Å². The van der Waals surface area contributed by atoms with Gasteiger partial charge in [-0.3, -0.25) is 0 Å². The molecule has 4 nitrogen and oxygen atoms in total. The lowest BCUT2D eigenvalue weighted by atomic mass is 10.2. The van der Waals surface area contributed by atoms with E-state index in [9.17, 15) is 8.42 Å². The van der Waals surface area contributed by atoms with E-state index in [0.717, 1.165) is 12.8 Å². The van der Waals surface area contributed by atoms with Gasteiger partial charge in [0.1, 0.15) is 0 Å². The first kappa shape index (κ1) is 15.1. The Bertz CT molecular complexity index is 497. The van der Waals surface area contributed by atoms with Crippen LogP contribution in [-0.2, 0) is 16.6 Å². The number of benzene rings is 1. The summed E-state index contributed by atoms with van der Waals surface area (Å²) in [6, 6.07) is 5.01. The minimum Gasteiger partial charge on any atom is -0.392 e. The largest absolute Gasteiger partial charge is 0.392 e. The Hall–Kier alpha value is -0.910. The van der Waals surface area contributed by atoms with Crippen molar-refractivity contribution in [2.45, 2.75) is 38.2 Å². The van der Waals surface area contributed by atoms with Gasteiger partial charge >= 0.3 is 0 Å². The van der Waals surface area contributed by atoms with Crippen LogP contribution in [0.1, 0.15) is 30.9 Å². The minimum absolute atomic E-state index is 0.151. The maximum atomic E-state index is 12.4. The lowest BCUT2D eigenvalue weighted by molar-refractivity contribution is 0.281. The molecule has 0 spiro atoms. The maximum absolute atomic E-state index is 12.4. The molecule has 0 fully saturated rings. The van der Waals surface area contributed by atoms with Gasteiger partial charge in [0.15, 0.2) is 0 Å². The number of aliphatic hydroxyl groups is 1. The van der Waals surface area contributed by atoms with Crippen molar-refractivity contribution in [3.8, 4) is 0 Å². The minimum atomic E-state index is -3.45. The van der Waals surface area contributed by atoms with Crippen molar-refractivity contribution in [2.24, 2.45) is 0 Å². The maximum Gasteiger partial charge on any atom is 0.243 e. The van der Waals surface area contributed by atoms with Gasteiger partial charge in [-0.2, -0.15) is 0 Å². The Kier molecular flexibility index (Phi) is 5.31. The average molecular weight is 271 g/mol. The highest BCUT2D eigenvalue weighted by molar-refractivity contribution is 7.89. The first-order valence-corrected chi connectivity index (χ1v) is 7.54. The van der Waals surface area contributed by atoms with Gasteiger partial charge in [-0.1, -0.05) is 25.5 Å². The van der Waals surface area contributed by atoms with Crippen LogP contribution in [0.2, 0.25) is 0 Å². The zero-order valence-corrected chi connectivity index (χ0v) is 12.0. The van der Waals surface area contributed by atoms with Crippen LogP contribution in [0.25, 0.3) is 0 Å². The molecule has 0 radical (unpaired) electrons. The molecule has 0 atom stereocenters. The number of hydrogen-bond acceptors (Lipinski definition) is 3. The summed E-state index contributed by atoms with van der Waals surface area (Å²) in [6.07, 6.45) is 1.80. The van der Waals surface area contributed by atoms with Crippen molar-refractivity contribution >= 4 is 10.0 Å². The van der Waals surface area contributed by atoms with Crippen molar-refractivity contribution in [1.29, 1.82) is 0 Å². The van der Waals surface area contributed by atoms with Gasteiger partial charge in [0.25, 0.3) is 0 Å². The highest BCUT2D eigenvalue weighted by Crippen LogP contribution is 2.20. The van der Waals surface area contributed by atoms with Gasteiger partial charge in [0.05, 0.1) is 11.5 Å². The second-order valence-electron chi connectivity index (χ2n) is 4.44. The summed E-state index contributed by atoms with van der Waals surface area (Å²) in [7, 11) is -1.86. The van der Waals surface area contributed by atoms with Crippen LogP contribution in [0.3, 0.4) is 0 Å². The highest BCUT2D eigenvalue weighted by Gasteiger charge is 2.22. The van der Waals surface area contributed by atoms with E-state index in [1.807, 2.05) is 6.92 Å². The van der Waals surface area contributed by atoms with E-state index in [2.05, 4.69) is 0 Å². The van der Waals surface area contributed by atoms with Crippen LogP contribution in [0.15, 0.2) is 23.1 Å². The SMILES string of the molecule is CCCCN(C)S(=O)(=O)c1cc(CO)ccc1C. The Labute approximate surface area is 109 Å². The van der Waals surface area contributed by atoms with E-state index >= 15 is 0 Å². The summed E-state index contributed by atoms with van der Waals surface area (Å²) < 4.78 is 26.1. The molecule has 1 aromatic rings. The van der Waals surface area contributed by atoms with Gasteiger partial charge < -0.3 is 5.11 Å². The van der Waals surface area contributed by atoms with Crippen LogP contribution < -0.4 is 0 Å². The predicted molar refractivity (Wildman–Crippen MR) is 71.8 cm³/mol. The second kappa shape index (κ2) is 6.31. The first-order valence-electron chi connectivity index (χ1n) is 6.10. The molecule has 102 valence electrons. The van der Waals surface area contributed by atoms with Crippen LogP contribution >= 0.6 is 0 Å². The molecule has 0 aliphatic heterocycles. The lowest BCUT2D eigenvalue weighted by Crippen LogP contribution is -2.28. The van der Waals surface area contributed by atoms with E-state index in [1.54, 1.807) is 32.2 Å². The molecular weight excluding hydrogens is 250 g/mol. The zero-order chi connectivity index (χ0) is 13.8. The topological polar surface area (TPSA) is 57.6 Å². The Morgan fingerprint density at radius 2 is 2.00 bits per heavy atom. The molecule has 0 aliphatic rings. The first-order chi connectivity index (χ1) is 8.43. The van der Waals surface area contributed by atoms with Crippen molar-refractivity contribution in [3.05, 3.63) is 29.3 Å². The molecule has 5 heteroatoms. The number of hydrogen-bond donors (Lipinski definition) is 1. The van der Waals surface area contributed by atoms with Gasteiger partial charge in [-0.15, -0.1) is 0 Å². The standard InChI is InChI=1S/C13H21NO3S/c1-4-5-8-14(3)18(16,17)13-9-12(10-15)7-6-11(13)2/h6-7,9,15H,4-5,8,10H2,1-3H3. The summed E-state index contributed by atoms with van der Waals surface area (Å²) in [4.78, 5) is 0.285. The molecule has 0 saturated heterocycles. The second-order valence-corrected chi connectivity index (χ2v) is 6.45. The molecule has 1 N–H and O–H groups in total. The van der Waals surface area contributed by atoms with Gasteiger partial charge in [-0.25, -0.2) is 12.7 Å². The summed E-state index contributed by atoms with van der Waals surface area (Å²) in [5.41, 5.74) is 1.32. The van der Waals surface area contributed by atoms with Crippen LogP contribution in [0, 0.1) is 6.92 Å². The summed E-state index contributed by atoms with van der Waals surface area (Å²) in [6.45, 7) is 4.16. The van der Waals surface area contributed by atoms with E-state index in [0.29, 0.717) is 17.7 Å². The van der Waals surface area contributed by atoms with Crippen molar-refractivity contribution in [1.82, 2.24) is 4.31 Å². The van der Waals surface area contributed by atoms with Crippen LogP contribution in [-0.4, -0.2) is 31.4 Å². The summed E-state index contributed by atoms with van der Waals surface area (Å²) in [5.74, 6) is 0. The Balaban J connectivity index is 3.11. The third kappa shape index (κ3) is 3.31. The monoisotopic (exact) mass is 271 g/mol. The molecule has 0 aromatic heterocycles. The molecule has 0 heterocycles. The van der Waals surface area contributed by atoms with Gasteiger partial charge in [0, 0.05) is 13.6 Å². The fraction of sp³-hybridized carbons (Fsp3) is 0.538. The molecule has 18 heavy (non-hydrogen) atoms. The highest BCUT2D eigenvalue weighted by atomic mass is 32.2. The molecule has 0 amide bonds. The third-order valence-electron chi connectivity index (χ3n) is 2.95. The predicted octanol–water partition coefficient (Wildman–Crippen LogP) is 1.91. The van der Waals surface area contributed by atoms with E-state index < -0.39 is 10.0 Å². The zero-order valence-electron chi connectivity index (χ0n) is 11.2. The van der Waals surface area contributed by atoms with E-state index in [-0.39, 0.29) is 11.5 Å². The quantitative estimate of drug-likeness (QED) is 0.860. The molecule has 0 aliphatic carbocycles. The Morgan fingerprint density at radius 3 is 2.56 bits per heavy atom. The van der Waals surface area contributed by atoms with Crippen molar-refractivity contribution in [3.63, 3.8) is 0 Å². The number of nitrogens with zero attached hydrogens (tertiary/aromatic N) is 1. The van der Waals surface area contributed by atoms with E-state index in [4.69, 9.17) is 5.11 Å².